The molecular weight excluding hydrogens is 396 g/mol. The van der Waals surface area contributed by atoms with Gasteiger partial charge in [0.2, 0.25) is 5.91 Å². The van der Waals surface area contributed by atoms with Gasteiger partial charge in [0, 0.05) is 25.0 Å². The first-order valence-electron chi connectivity index (χ1n) is 11.6. The Morgan fingerprint density at radius 1 is 0.969 bits per heavy atom. The molecule has 1 saturated heterocycles. The van der Waals surface area contributed by atoms with E-state index in [1.165, 1.54) is 33.4 Å². The number of rotatable bonds is 4. The largest absolute Gasteiger partial charge is 0.378 e. The van der Waals surface area contributed by atoms with E-state index in [0.29, 0.717) is 12.8 Å². The van der Waals surface area contributed by atoms with Crippen LogP contribution in [-0.4, -0.2) is 40.8 Å². The predicted octanol–water partition coefficient (Wildman–Crippen LogP) is 5.08. The first kappa shape index (κ1) is 22.5. The van der Waals surface area contributed by atoms with Crippen LogP contribution in [0.25, 0.3) is 17.7 Å². The number of fused-ring (bicyclic) bond motifs is 2. The van der Waals surface area contributed by atoms with Crippen molar-refractivity contribution in [3.8, 4) is 0 Å². The average molecular weight is 431 g/mol. The topological polar surface area (TPSA) is 52.6 Å². The highest BCUT2D eigenvalue weighted by Crippen LogP contribution is 2.38. The number of nitrogens with one attached hydrogen (secondary N) is 1. The van der Waals surface area contributed by atoms with Gasteiger partial charge < -0.3 is 10.4 Å². The summed E-state index contributed by atoms with van der Waals surface area (Å²) in [7, 11) is 0. The van der Waals surface area contributed by atoms with Gasteiger partial charge in [0.1, 0.15) is 6.23 Å². The van der Waals surface area contributed by atoms with Gasteiger partial charge in [0.15, 0.2) is 0 Å². The van der Waals surface area contributed by atoms with Gasteiger partial charge in [-0.3, -0.25) is 9.69 Å². The number of aliphatic hydroxyl groups is 1. The number of benzene rings is 2. The lowest BCUT2D eigenvalue weighted by molar-refractivity contribution is -0.124. The fourth-order valence-electron chi connectivity index (χ4n) is 4.71. The van der Waals surface area contributed by atoms with Crippen LogP contribution in [0, 0.1) is 0 Å². The molecule has 2 aromatic rings. The molecule has 2 N–H and O–H groups in total. The predicted molar refractivity (Wildman–Crippen MR) is 132 cm³/mol. The number of piperidine rings is 1. The van der Waals surface area contributed by atoms with Crippen molar-refractivity contribution in [3.63, 3.8) is 0 Å². The number of carbonyl (C=O) groups is 1. The molecule has 1 fully saturated rings. The molecule has 1 heterocycles. The summed E-state index contributed by atoms with van der Waals surface area (Å²) in [5.41, 5.74) is 7.63. The number of amides is 1. The Kier molecular flexibility index (Phi) is 6.63. The zero-order valence-electron chi connectivity index (χ0n) is 19.4. The van der Waals surface area contributed by atoms with Gasteiger partial charge in [-0.15, -0.1) is 0 Å². The number of aliphatic hydroxyl groups excluding tert-OH is 1. The number of hydrogen-bond acceptors (Lipinski definition) is 3. The van der Waals surface area contributed by atoms with Crippen molar-refractivity contribution >= 4 is 23.6 Å². The molecule has 1 aliphatic heterocycles. The van der Waals surface area contributed by atoms with Gasteiger partial charge in [-0.1, -0.05) is 66.3 Å². The third-order valence-corrected chi connectivity index (χ3v) is 6.22. The maximum atomic E-state index is 12.1. The second-order valence-corrected chi connectivity index (χ2v) is 9.84. The van der Waals surface area contributed by atoms with Gasteiger partial charge in [-0.2, -0.15) is 0 Å². The minimum Gasteiger partial charge on any atom is -0.378 e. The Balaban J connectivity index is 1.49. The molecule has 2 aromatic carbocycles. The summed E-state index contributed by atoms with van der Waals surface area (Å²) < 4.78 is 0. The van der Waals surface area contributed by atoms with E-state index >= 15 is 0 Å². The third kappa shape index (κ3) is 5.20. The second-order valence-electron chi connectivity index (χ2n) is 9.84. The van der Waals surface area contributed by atoms with Gasteiger partial charge in [-0.25, -0.2) is 0 Å². The minimum atomic E-state index is -0.581. The maximum absolute atomic E-state index is 12.1. The fourth-order valence-corrected chi connectivity index (χ4v) is 4.71. The molecule has 32 heavy (non-hydrogen) atoms. The lowest BCUT2D eigenvalue weighted by atomic mass is 9.86. The Morgan fingerprint density at radius 3 is 2.03 bits per heavy atom. The SMILES string of the molecule is CC(C)(C)NC(=O)CCC(O)N1CCC(=C2c3ccccc3C=Cc3ccccc32)CC1. The highest BCUT2D eigenvalue weighted by molar-refractivity contribution is 5.94. The maximum Gasteiger partial charge on any atom is 0.220 e. The number of carbonyl (C=O) groups excluding carboxylic acids is 1. The minimum absolute atomic E-state index is 0.00413. The molecule has 0 bridgehead atoms. The summed E-state index contributed by atoms with van der Waals surface area (Å²) in [6, 6.07) is 17.2. The van der Waals surface area contributed by atoms with Gasteiger partial charge in [-0.05, 0) is 67.9 Å². The molecule has 4 heteroatoms. The molecule has 1 amide bonds. The molecule has 0 spiro atoms. The van der Waals surface area contributed by atoms with Crippen molar-refractivity contribution < 1.29 is 9.90 Å². The third-order valence-electron chi connectivity index (χ3n) is 6.22. The number of nitrogens with zero attached hydrogens (tertiary/aromatic N) is 1. The number of hydrogen-bond donors (Lipinski definition) is 2. The van der Waals surface area contributed by atoms with Gasteiger partial charge >= 0.3 is 0 Å². The highest BCUT2D eigenvalue weighted by atomic mass is 16.3. The normalized spacial score (nSPS) is 17.4. The van der Waals surface area contributed by atoms with Crippen molar-refractivity contribution in [2.45, 2.75) is 58.2 Å². The van der Waals surface area contributed by atoms with E-state index in [4.69, 9.17) is 0 Å². The van der Waals surface area contributed by atoms with Crippen molar-refractivity contribution in [1.82, 2.24) is 10.2 Å². The zero-order valence-corrected chi connectivity index (χ0v) is 19.4. The van der Waals surface area contributed by atoms with Crippen molar-refractivity contribution in [2.75, 3.05) is 13.1 Å². The smallest absolute Gasteiger partial charge is 0.220 e. The Labute approximate surface area is 191 Å². The van der Waals surface area contributed by atoms with E-state index < -0.39 is 6.23 Å². The second kappa shape index (κ2) is 9.43. The van der Waals surface area contributed by atoms with Crippen LogP contribution in [0.3, 0.4) is 0 Å². The van der Waals surface area contributed by atoms with E-state index in [9.17, 15) is 9.90 Å². The molecule has 168 valence electrons. The van der Waals surface area contributed by atoms with E-state index in [-0.39, 0.29) is 11.4 Å². The van der Waals surface area contributed by atoms with Crippen LogP contribution < -0.4 is 5.32 Å². The monoisotopic (exact) mass is 430 g/mol. The quantitative estimate of drug-likeness (QED) is 0.607. The zero-order chi connectivity index (χ0) is 22.7. The summed E-state index contributed by atoms with van der Waals surface area (Å²) in [5, 5.41) is 13.7. The standard InChI is InChI=1S/C28H34N2O2/c1-28(2,3)29-25(31)14-15-26(32)30-18-16-22(17-19-30)27-23-10-6-4-8-20(23)12-13-21-9-5-7-11-24(21)27/h4-13,26,32H,14-19H2,1-3H3,(H,29,31). The van der Waals surface area contributed by atoms with Gasteiger partial charge in [0.05, 0.1) is 0 Å². The van der Waals surface area contributed by atoms with Crippen LogP contribution >= 0.6 is 0 Å². The first-order valence-corrected chi connectivity index (χ1v) is 11.6. The molecule has 2 aliphatic rings. The van der Waals surface area contributed by atoms with Crippen LogP contribution in [0.15, 0.2) is 54.1 Å². The van der Waals surface area contributed by atoms with Crippen molar-refractivity contribution in [3.05, 3.63) is 76.4 Å². The summed E-state index contributed by atoms with van der Waals surface area (Å²) in [6.07, 6.45) is 6.49. The molecule has 1 unspecified atom stereocenters. The van der Waals surface area contributed by atoms with E-state index in [1.54, 1.807) is 0 Å². The van der Waals surface area contributed by atoms with Crippen LogP contribution in [0.4, 0.5) is 0 Å². The lowest BCUT2D eigenvalue weighted by Gasteiger charge is -2.34. The summed E-state index contributed by atoms with van der Waals surface area (Å²) >= 11 is 0. The molecule has 1 aliphatic carbocycles. The molecule has 4 rings (SSSR count). The Bertz CT molecular complexity index is 984. The first-order chi connectivity index (χ1) is 15.3. The van der Waals surface area contributed by atoms with Crippen LogP contribution in [0.2, 0.25) is 0 Å². The summed E-state index contributed by atoms with van der Waals surface area (Å²) in [4.78, 5) is 14.2. The lowest BCUT2D eigenvalue weighted by Crippen LogP contribution is -2.43. The Hall–Kier alpha value is -2.69. The average Bonchev–Trinajstić information content (AvgIpc) is 2.93. The van der Waals surface area contributed by atoms with Crippen molar-refractivity contribution in [2.24, 2.45) is 0 Å². The molecular formula is C28H34N2O2. The molecule has 1 atom stereocenters. The highest BCUT2D eigenvalue weighted by Gasteiger charge is 2.25. The van der Waals surface area contributed by atoms with Crippen LogP contribution in [0.1, 0.15) is 68.7 Å². The van der Waals surface area contributed by atoms with E-state index in [1.807, 2.05) is 20.8 Å². The van der Waals surface area contributed by atoms with Crippen LogP contribution in [-0.2, 0) is 4.79 Å². The van der Waals surface area contributed by atoms with E-state index in [2.05, 4.69) is 70.9 Å². The Morgan fingerprint density at radius 2 is 1.50 bits per heavy atom. The van der Waals surface area contributed by atoms with Crippen LogP contribution in [0.5, 0.6) is 0 Å². The number of likely N-dealkylation sites (tertiary alicyclic amines) is 1. The molecule has 0 radical (unpaired) electrons. The van der Waals surface area contributed by atoms with Gasteiger partial charge in [0.25, 0.3) is 0 Å². The van der Waals surface area contributed by atoms with Crippen molar-refractivity contribution in [1.29, 1.82) is 0 Å². The molecule has 0 saturated carbocycles. The summed E-state index contributed by atoms with van der Waals surface area (Å²) in [5.74, 6) is -0.00413. The van der Waals surface area contributed by atoms with E-state index in [0.717, 1.165) is 25.9 Å². The molecule has 4 nitrogen and oxygen atoms in total. The summed E-state index contributed by atoms with van der Waals surface area (Å²) in [6.45, 7) is 7.53. The molecule has 0 aromatic heterocycles. The fraction of sp³-hybridized carbons (Fsp3) is 0.393.